The molecule has 0 amide bonds. The summed E-state index contributed by atoms with van der Waals surface area (Å²) in [5.41, 5.74) is 0. The molecule has 30 valence electrons. The smallest absolute Gasteiger partial charge is 0.328 e. The molecule has 0 atom stereocenters. The highest BCUT2D eigenvalue weighted by Crippen LogP contribution is 2.41. The van der Waals surface area contributed by atoms with Crippen LogP contribution in [-0.2, 0) is 9.05 Å². The number of hydrogen-bond acceptors (Lipinski definition) is 3. The summed E-state index contributed by atoms with van der Waals surface area (Å²) in [4.78, 5) is 8.07. The van der Waals surface area contributed by atoms with Gasteiger partial charge in [-0.25, -0.2) is 0 Å². The van der Waals surface area contributed by atoms with Crippen LogP contribution in [0.4, 0.5) is 0 Å². The molecule has 0 aromatic heterocycles. The summed E-state index contributed by atoms with van der Waals surface area (Å²) in [7, 11) is -1.42. The molecule has 0 aromatic rings. The fourth-order valence-corrected chi connectivity index (χ4v) is 0.300. The van der Waals surface area contributed by atoms with Gasteiger partial charge in [0.2, 0.25) is 0 Å². The van der Waals surface area contributed by atoms with Gasteiger partial charge in [0.15, 0.2) is 6.79 Å². The predicted molar refractivity (Wildman–Crippen MR) is 16.2 cm³/mol. The van der Waals surface area contributed by atoms with Crippen LogP contribution in [0.2, 0.25) is 0 Å². The lowest BCUT2D eigenvalue weighted by Crippen LogP contribution is -2.03. The van der Waals surface area contributed by atoms with Gasteiger partial charge in [0.25, 0.3) is 0 Å². The minimum absolute atomic E-state index is 0.266. The van der Waals surface area contributed by atoms with E-state index in [-0.39, 0.29) is 6.79 Å². The Morgan fingerprint density at radius 3 is 2.00 bits per heavy atom. The molecular weight excluding hydrogens is 91.0 g/mol. The first-order valence-electron chi connectivity index (χ1n) is 1.14. The molecule has 4 heteroatoms. The lowest BCUT2D eigenvalue weighted by molar-refractivity contribution is 0.00693. The second-order valence-corrected chi connectivity index (χ2v) is 1.61. The summed E-state index contributed by atoms with van der Waals surface area (Å²) in [5.74, 6) is 0. The Kier molecular flexibility index (Phi) is 0.830. The van der Waals surface area contributed by atoms with Crippen molar-refractivity contribution < 1.29 is 13.9 Å². The van der Waals surface area contributed by atoms with Crippen molar-refractivity contribution in [3.05, 3.63) is 0 Å². The molecule has 5 heavy (non-hydrogen) atoms. The zero-order chi connectivity index (χ0) is 3.70. The van der Waals surface area contributed by atoms with Crippen LogP contribution < -0.4 is 0 Å². The first kappa shape index (κ1) is 3.50. The molecule has 3 nitrogen and oxygen atoms in total. The van der Waals surface area contributed by atoms with Crippen LogP contribution in [0.15, 0.2) is 0 Å². The van der Waals surface area contributed by atoms with E-state index >= 15 is 0 Å². The predicted octanol–water partition coefficient (Wildman–Crippen LogP) is 0.210. The van der Waals surface area contributed by atoms with Crippen molar-refractivity contribution in [3.63, 3.8) is 0 Å². The summed E-state index contributed by atoms with van der Waals surface area (Å²) < 4.78 is 8.66. The van der Waals surface area contributed by atoms with E-state index < -0.39 is 8.60 Å². The minimum atomic E-state index is -1.42. The van der Waals surface area contributed by atoms with Gasteiger partial charge in [-0.05, 0) is 0 Å². The average Bonchev–Trinajstić information content (AvgIpc) is 1.30. The maximum absolute atomic E-state index is 8.07. The van der Waals surface area contributed by atoms with Gasteiger partial charge in [0, 0.05) is 0 Å². The molecule has 1 heterocycles. The van der Waals surface area contributed by atoms with Crippen molar-refractivity contribution in [2.45, 2.75) is 0 Å². The van der Waals surface area contributed by atoms with Crippen molar-refractivity contribution in [3.8, 4) is 0 Å². The van der Waals surface area contributed by atoms with Gasteiger partial charge in [-0.3, -0.25) is 9.05 Å². The maximum atomic E-state index is 8.07. The molecule has 1 fully saturated rings. The Balaban J connectivity index is 2.08. The van der Waals surface area contributed by atoms with Crippen molar-refractivity contribution in [1.29, 1.82) is 0 Å². The fraction of sp³-hybridized carbons (Fsp3) is 1.00. The molecule has 1 aliphatic rings. The van der Waals surface area contributed by atoms with Crippen LogP contribution in [0.1, 0.15) is 0 Å². The monoisotopic (exact) mass is 94.0 g/mol. The summed E-state index contributed by atoms with van der Waals surface area (Å²) >= 11 is 0. The van der Waals surface area contributed by atoms with Gasteiger partial charge in [0.05, 0.1) is 0 Å². The van der Waals surface area contributed by atoms with Gasteiger partial charge < -0.3 is 4.89 Å². The minimum Gasteiger partial charge on any atom is -0.328 e. The van der Waals surface area contributed by atoms with Crippen LogP contribution in [0.25, 0.3) is 0 Å². The van der Waals surface area contributed by atoms with Gasteiger partial charge in [-0.1, -0.05) is 0 Å². The molecule has 0 bridgehead atoms. The quantitative estimate of drug-likeness (QED) is 0.436. The zero-order valence-corrected chi connectivity index (χ0v) is 3.31. The van der Waals surface area contributed by atoms with Crippen molar-refractivity contribution in [1.82, 2.24) is 0 Å². The number of rotatable bonds is 0. The maximum Gasteiger partial charge on any atom is 0.334 e. The fourth-order valence-electron chi connectivity index (χ4n) is 0.0998. The summed E-state index contributed by atoms with van der Waals surface area (Å²) in [6.45, 7) is 0.266. The third-order valence-corrected chi connectivity index (χ3v) is 0.979. The largest absolute Gasteiger partial charge is 0.334 e. The highest BCUT2D eigenvalue weighted by molar-refractivity contribution is 7.41. The summed E-state index contributed by atoms with van der Waals surface area (Å²) in [6, 6.07) is 0. The second kappa shape index (κ2) is 1.19. The third-order valence-electron chi connectivity index (χ3n) is 0.326. The Hall–Kier alpha value is 0.310. The third kappa shape index (κ3) is 0.578. The Bertz CT molecular complexity index is 33.9. The molecule has 0 saturated carbocycles. The van der Waals surface area contributed by atoms with Crippen LogP contribution in [0.5, 0.6) is 0 Å². The summed E-state index contributed by atoms with van der Waals surface area (Å²) in [5, 5.41) is 0. The van der Waals surface area contributed by atoms with Crippen LogP contribution >= 0.6 is 8.60 Å². The molecule has 0 radical (unpaired) electrons. The van der Waals surface area contributed by atoms with Gasteiger partial charge >= 0.3 is 8.60 Å². The van der Waals surface area contributed by atoms with E-state index in [2.05, 4.69) is 9.05 Å². The average molecular weight is 94.0 g/mol. The van der Waals surface area contributed by atoms with Crippen LogP contribution in [0, 0.1) is 0 Å². The van der Waals surface area contributed by atoms with Crippen LogP contribution in [-0.4, -0.2) is 11.7 Å². The van der Waals surface area contributed by atoms with Crippen molar-refractivity contribution in [2.24, 2.45) is 0 Å². The van der Waals surface area contributed by atoms with Crippen molar-refractivity contribution in [2.75, 3.05) is 6.79 Å². The standard InChI is InChI=1S/CH3O3P/c2-5-3-1-4-5/h2H,1H2. The van der Waals surface area contributed by atoms with E-state index in [1.54, 1.807) is 0 Å². The highest BCUT2D eigenvalue weighted by Gasteiger charge is 2.15. The summed E-state index contributed by atoms with van der Waals surface area (Å²) in [6.07, 6.45) is 0. The van der Waals surface area contributed by atoms with Crippen molar-refractivity contribution >= 4 is 8.60 Å². The number of hydrogen-bond donors (Lipinski definition) is 1. The Morgan fingerprint density at radius 1 is 1.60 bits per heavy atom. The van der Waals surface area contributed by atoms with E-state index in [1.807, 2.05) is 0 Å². The van der Waals surface area contributed by atoms with E-state index in [0.717, 1.165) is 0 Å². The molecule has 0 spiro atoms. The van der Waals surface area contributed by atoms with Gasteiger partial charge in [-0.2, -0.15) is 0 Å². The first-order chi connectivity index (χ1) is 2.39. The highest BCUT2D eigenvalue weighted by atomic mass is 31.2. The molecule has 1 saturated heterocycles. The van der Waals surface area contributed by atoms with E-state index in [4.69, 9.17) is 4.89 Å². The van der Waals surface area contributed by atoms with E-state index in [9.17, 15) is 0 Å². The van der Waals surface area contributed by atoms with Crippen LogP contribution in [0.3, 0.4) is 0 Å². The van der Waals surface area contributed by atoms with Gasteiger partial charge in [-0.15, -0.1) is 0 Å². The lowest BCUT2D eigenvalue weighted by Gasteiger charge is -2.16. The molecule has 1 N–H and O–H groups in total. The zero-order valence-electron chi connectivity index (χ0n) is 2.42. The van der Waals surface area contributed by atoms with E-state index in [0.29, 0.717) is 0 Å². The topological polar surface area (TPSA) is 38.7 Å². The Labute approximate surface area is 30.5 Å². The Morgan fingerprint density at radius 2 is 2.00 bits per heavy atom. The molecule has 0 unspecified atom stereocenters. The molecular formula is CH3O3P. The SMILES string of the molecule is OP1OCO1. The van der Waals surface area contributed by atoms with E-state index in [1.165, 1.54) is 0 Å². The normalized spacial score (nSPS) is 25.8. The molecule has 0 aliphatic carbocycles. The molecule has 0 aromatic carbocycles. The van der Waals surface area contributed by atoms with Gasteiger partial charge in [0.1, 0.15) is 0 Å². The molecule has 1 rings (SSSR count). The second-order valence-electron chi connectivity index (χ2n) is 0.614. The molecule has 1 aliphatic heterocycles. The lowest BCUT2D eigenvalue weighted by atomic mass is 11.6. The first-order valence-corrected chi connectivity index (χ1v) is 2.27.